The molecule has 4 fully saturated rings. The van der Waals surface area contributed by atoms with E-state index < -0.39 is 93.0 Å². The summed E-state index contributed by atoms with van der Waals surface area (Å²) in [6.07, 6.45) is 9.89. The fraction of sp³-hybridized carbons (Fsp3) is 0.385. The smallest absolute Gasteiger partial charge is 0.412 e. The second-order valence-corrected chi connectivity index (χ2v) is 17.0. The maximum atomic E-state index is 11.4. The number of anilines is 4. The quantitative estimate of drug-likeness (QED) is 0.0810. The molecule has 4 aliphatic rings. The van der Waals surface area contributed by atoms with Gasteiger partial charge in [0.25, 0.3) is 0 Å². The molecule has 8 rings (SSSR count). The molecule has 14 N–H and O–H groups in total. The molecule has 0 unspecified atom stereocenters. The number of nitrogens with zero attached hydrogens (tertiary/aromatic N) is 8. The fourth-order valence-electron chi connectivity index (χ4n) is 7.67. The van der Waals surface area contributed by atoms with Crippen molar-refractivity contribution < 1.29 is 145 Å². The number of nitrogens with one attached hydrogen (secondary N) is 6. The van der Waals surface area contributed by atoms with Crippen LogP contribution < -0.4 is 31.9 Å². The van der Waals surface area contributed by atoms with Crippen LogP contribution in [0, 0.1) is 21.7 Å². The third-order valence-corrected chi connectivity index (χ3v) is 13.1. The van der Waals surface area contributed by atoms with E-state index in [0.29, 0.717) is 51.4 Å². The average Bonchev–Trinajstić information content (AvgIpc) is 3.31. The number of aromatic nitrogens is 4. The normalized spacial score (nSPS) is 15.7. The Bertz CT molecular complexity index is 2340. The van der Waals surface area contributed by atoms with Crippen LogP contribution >= 0.6 is 0 Å². The predicted octanol–water partition coefficient (Wildman–Crippen LogP) is 4.91. The summed E-state index contributed by atoms with van der Waals surface area (Å²) in [5.41, 5.74) is -4.47. The van der Waals surface area contributed by atoms with Crippen molar-refractivity contribution >= 4 is 94.7 Å². The minimum absolute atomic E-state index is 0. The number of urea groups is 4. The van der Waals surface area contributed by atoms with Gasteiger partial charge in [0.05, 0.1) is 21.7 Å². The minimum atomic E-state index is -1.12. The summed E-state index contributed by atoms with van der Waals surface area (Å²) >= 11 is 0. The molecule has 0 bridgehead atoms. The molecule has 476 valence electrons. The largest absolute Gasteiger partial charge is 2.00 e. The summed E-state index contributed by atoms with van der Waals surface area (Å²) in [7, 11) is 0. The molecule has 33 heteroatoms. The van der Waals surface area contributed by atoms with E-state index in [4.69, 9.17) is 0 Å². The zero-order valence-electron chi connectivity index (χ0n) is 47.3. The number of rotatable bonds is 12. The van der Waals surface area contributed by atoms with Crippen LogP contribution in [0.15, 0.2) is 97.6 Å². The molecule has 16 amide bonds. The van der Waals surface area contributed by atoms with Crippen LogP contribution in [-0.2, 0) is 104 Å². The second kappa shape index (κ2) is 41.6. The number of imide groups is 8. The summed E-state index contributed by atoms with van der Waals surface area (Å²) in [6.45, 7) is 13.8. The van der Waals surface area contributed by atoms with E-state index in [-0.39, 0.29) is 87.7 Å². The fourth-order valence-corrected chi connectivity index (χ4v) is 7.67. The first-order valence-electron chi connectivity index (χ1n) is 24.8. The van der Waals surface area contributed by atoms with E-state index >= 15 is 0 Å². The van der Waals surface area contributed by atoms with E-state index in [1.165, 1.54) is 0 Å². The molecule has 0 aromatic carbocycles. The van der Waals surface area contributed by atoms with Crippen molar-refractivity contribution in [3.05, 3.63) is 119 Å². The van der Waals surface area contributed by atoms with Crippen molar-refractivity contribution in [3.63, 3.8) is 0 Å². The summed E-state index contributed by atoms with van der Waals surface area (Å²) in [5, 5.41) is 27.2. The summed E-state index contributed by atoms with van der Waals surface area (Å²) in [6, 6.07) is 19.4. The maximum Gasteiger partial charge on any atom is 2.00 e. The van der Waals surface area contributed by atoms with Gasteiger partial charge < -0.3 is 75.1 Å². The molecule has 30 nitrogen and oxygen atoms in total. The van der Waals surface area contributed by atoms with Gasteiger partial charge in [-0.3, -0.25) is 57.5 Å². The number of carbonyl (C=O) groups is 12. The van der Waals surface area contributed by atoms with Crippen molar-refractivity contribution in [2.75, 3.05) is 10.6 Å². The number of pyridine rings is 4. The van der Waals surface area contributed by atoms with Gasteiger partial charge in [-0.1, -0.05) is 79.7 Å². The molecular weight excluding hydrogens is 1490 g/mol. The maximum absolute atomic E-state index is 11.4. The summed E-state index contributed by atoms with van der Waals surface area (Å²) in [5.74, 6) is -1.35. The molecule has 0 spiro atoms. The molecule has 4 saturated heterocycles. The van der Waals surface area contributed by atoms with Crippen LogP contribution in [0.4, 0.5) is 42.4 Å². The first-order chi connectivity index (χ1) is 37.2. The van der Waals surface area contributed by atoms with Gasteiger partial charge in [-0.2, -0.15) is 0 Å². The molecule has 0 atom stereocenters. The Kier molecular flexibility index (Phi) is 42.3. The SMILES string of the molecule is CCC1(CC)C(=O)[N-]C(=O)NC1=O.CCC1(CC)C(=O)[N-]C(=O)NC1=O.CCC1(CC)C(=O)[N-]C(=O)NC1=O.CCC1(CC)C(=O)[N-]C(=O)NC1=O.O.O.O.O.[Ag+].[Ag+].[Pt+2].c1ccc(Nc2ccccn2)nc1.c1ccc(Nc2ccccn2)nc1. The minimum Gasteiger partial charge on any atom is -0.412 e. The van der Waals surface area contributed by atoms with Crippen LogP contribution in [0.25, 0.3) is 21.3 Å². The third kappa shape index (κ3) is 22.9. The molecule has 85 heavy (non-hydrogen) atoms. The van der Waals surface area contributed by atoms with Crippen LogP contribution in [0.3, 0.4) is 0 Å². The van der Waals surface area contributed by atoms with E-state index in [0.717, 1.165) is 23.3 Å². The first-order valence-corrected chi connectivity index (χ1v) is 24.8. The van der Waals surface area contributed by atoms with Gasteiger partial charge in [0.15, 0.2) is 71.4 Å². The molecule has 4 aromatic heterocycles. The number of barbiturate groups is 4. The van der Waals surface area contributed by atoms with Crippen LogP contribution in [-0.4, -0.2) is 113 Å². The van der Waals surface area contributed by atoms with Crippen LogP contribution in [0.5, 0.6) is 0 Å². The van der Waals surface area contributed by atoms with Crippen LogP contribution in [0.2, 0.25) is 0 Å². The van der Waals surface area contributed by atoms with E-state index in [1.54, 1.807) is 80.2 Å². The Morgan fingerprint density at radius 2 is 0.494 bits per heavy atom. The van der Waals surface area contributed by atoms with E-state index in [2.05, 4.69) is 51.8 Å². The van der Waals surface area contributed by atoms with Gasteiger partial charge in [-0.15, -0.1) is 0 Å². The van der Waals surface area contributed by atoms with Crippen molar-refractivity contribution in [1.29, 1.82) is 0 Å². The van der Waals surface area contributed by atoms with Crippen molar-refractivity contribution in [2.45, 2.75) is 107 Å². The molecule has 0 saturated carbocycles. The zero-order valence-corrected chi connectivity index (χ0v) is 52.5. The standard InChI is InChI=1S/2C10H9N3.4C8H12N2O3.2Ag.4H2O.Pt/c2*1-3-7-11-9(5-1)13-10-6-2-4-8-12-10;4*1-3-8(4-2)5(11)9-7(13)10-6(8)12;;;;;;;/h2*1-8H,(H,11,12,13);4*3-4H2,1-2H3,(H2,9,10,11,12,13);;;4*1H2;/q;;;;;;2*+1;;;;;+2/p-4. The summed E-state index contributed by atoms with van der Waals surface area (Å²) < 4.78 is 0. The number of amides is 16. The molecule has 4 aromatic rings. The van der Waals surface area contributed by atoms with Crippen molar-refractivity contribution in [1.82, 2.24) is 41.2 Å². The van der Waals surface area contributed by atoms with E-state index in [1.807, 2.05) is 94.1 Å². The van der Waals surface area contributed by atoms with Gasteiger partial charge >= 0.3 is 65.8 Å². The monoisotopic (exact) mass is 1560 g/mol. The first kappa shape index (κ1) is 86.4. The molecule has 0 radical (unpaired) electrons. The van der Waals surface area contributed by atoms with Gasteiger partial charge in [0.2, 0.25) is 0 Å². The van der Waals surface area contributed by atoms with Gasteiger partial charge in [0, 0.05) is 24.8 Å². The second-order valence-electron chi connectivity index (χ2n) is 17.0. The zero-order chi connectivity index (χ0) is 58.1. The molecule has 8 heterocycles. The van der Waals surface area contributed by atoms with Gasteiger partial charge in [0.1, 0.15) is 23.3 Å². The molecular formula is C52H70Ag2N14O16Pt. The van der Waals surface area contributed by atoms with Crippen LogP contribution in [0.1, 0.15) is 107 Å². The summed E-state index contributed by atoms with van der Waals surface area (Å²) in [4.78, 5) is 150. The van der Waals surface area contributed by atoms with Crippen molar-refractivity contribution in [3.8, 4) is 0 Å². The molecule has 4 aliphatic heterocycles. The van der Waals surface area contributed by atoms with Gasteiger partial charge in [-0.05, 0) is 99.9 Å². The predicted molar refractivity (Wildman–Crippen MR) is 298 cm³/mol. The Labute approximate surface area is 535 Å². The topological polar surface area (TPSA) is 511 Å². The average molecular weight is 1560 g/mol. The number of hydrogen-bond donors (Lipinski definition) is 6. The number of hydrogen-bond acceptors (Lipinski definition) is 18. The van der Waals surface area contributed by atoms with E-state index in [9.17, 15) is 57.5 Å². The molecule has 0 aliphatic carbocycles. The number of carbonyl (C=O) groups excluding carboxylic acids is 12. The Morgan fingerprint density at radius 1 is 0.329 bits per heavy atom. The third-order valence-electron chi connectivity index (χ3n) is 13.1. The Morgan fingerprint density at radius 3 is 0.612 bits per heavy atom. The van der Waals surface area contributed by atoms with Gasteiger partial charge in [-0.25, -0.2) is 19.9 Å². The van der Waals surface area contributed by atoms with Crippen molar-refractivity contribution in [2.24, 2.45) is 21.7 Å². The Balaban J connectivity index is -0.000000296. The Hall–Kier alpha value is -7.35.